The number of hydrogen-bond donors (Lipinski definition) is 9. The van der Waals surface area contributed by atoms with E-state index in [1.54, 1.807) is 0 Å². The molecule has 0 radical (unpaired) electrons. The minimum atomic E-state index is -0.798. The van der Waals surface area contributed by atoms with Gasteiger partial charge in [0.2, 0.25) is 0 Å². The second-order valence-electron chi connectivity index (χ2n) is 10.7. The molecule has 260 valence electrons. The van der Waals surface area contributed by atoms with Gasteiger partial charge in [-0.15, -0.1) is 0 Å². The maximum Gasteiger partial charge on any atom is 0.107 e. The number of aliphatic hydroxyl groups is 9. The second-order valence-corrected chi connectivity index (χ2v) is 10.7. The SMILES string of the molecule is CCC.CCC1OC(CO)C(O)CC1O.CCOCC1OC(CO)C(O)CC1O.CCOCC1OC(CO)C(O)CC1O. The Morgan fingerprint density at radius 2 is 0.721 bits per heavy atom. The topological polar surface area (TPSA) is 228 Å². The average Bonchev–Trinajstić information content (AvgIpc) is 2.97. The van der Waals surface area contributed by atoms with Gasteiger partial charge in [0, 0.05) is 32.5 Å². The Labute approximate surface area is 256 Å². The first kappa shape index (κ1) is 42.4. The minimum absolute atomic E-state index is 0.190. The van der Waals surface area contributed by atoms with E-state index < -0.39 is 67.1 Å². The molecule has 0 saturated carbocycles. The lowest BCUT2D eigenvalue weighted by molar-refractivity contribution is -0.193. The van der Waals surface area contributed by atoms with E-state index in [1.807, 2.05) is 20.8 Å². The highest BCUT2D eigenvalue weighted by Crippen LogP contribution is 2.23. The zero-order chi connectivity index (χ0) is 32.9. The number of hydrogen-bond acceptors (Lipinski definition) is 14. The van der Waals surface area contributed by atoms with Crippen LogP contribution in [0.15, 0.2) is 0 Å². The molecule has 0 aromatic carbocycles. The molecule has 14 nitrogen and oxygen atoms in total. The van der Waals surface area contributed by atoms with Gasteiger partial charge >= 0.3 is 0 Å². The molecule has 0 bridgehead atoms. The van der Waals surface area contributed by atoms with Crippen molar-refractivity contribution in [2.45, 2.75) is 140 Å². The normalized spacial score (nSPS) is 37.5. The fourth-order valence-corrected chi connectivity index (χ4v) is 4.50. The van der Waals surface area contributed by atoms with Gasteiger partial charge in [-0.25, -0.2) is 0 Å². The highest BCUT2D eigenvalue weighted by molar-refractivity contribution is 4.85. The number of rotatable bonds is 10. The first-order valence-corrected chi connectivity index (χ1v) is 15.5. The Hall–Kier alpha value is -0.560. The molecule has 43 heavy (non-hydrogen) atoms. The molecule has 3 heterocycles. The van der Waals surface area contributed by atoms with Crippen molar-refractivity contribution in [3.63, 3.8) is 0 Å². The third-order valence-corrected chi connectivity index (χ3v) is 6.99. The van der Waals surface area contributed by atoms with Crippen molar-refractivity contribution in [2.75, 3.05) is 46.2 Å². The summed E-state index contributed by atoms with van der Waals surface area (Å²) in [6.45, 7) is 10.9. The molecule has 3 aliphatic rings. The van der Waals surface area contributed by atoms with Crippen LogP contribution in [0, 0.1) is 0 Å². The molecule has 3 saturated heterocycles. The summed E-state index contributed by atoms with van der Waals surface area (Å²) in [6.07, 6.45) is -4.58. The molecule has 12 atom stereocenters. The summed E-state index contributed by atoms with van der Waals surface area (Å²) in [4.78, 5) is 0. The van der Waals surface area contributed by atoms with Crippen LogP contribution in [-0.4, -0.2) is 165 Å². The predicted octanol–water partition coefficient (Wildman–Crippen LogP) is -1.53. The third-order valence-electron chi connectivity index (χ3n) is 6.99. The van der Waals surface area contributed by atoms with Gasteiger partial charge in [0.15, 0.2) is 0 Å². The Bertz CT molecular complexity index is 596. The molecular formula is C29H60O14. The van der Waals surface area contributed by atoms with E-state index in [2.05, 4.69) is 13.8 Å². The molecule has 14 heteroatoms. The monoisotopic (exact) mass is 632 g/mol. The van der Waals surface area contributed by atoms with E-state index in [0.29, 0.717) is 39.3 Å². The summed E-state index contributed by atoms with van der Waals surface area (Å²) < 4.78 is 26.1. The number of ether oxygens (including phenoxy) is 5. The van der Waals surface area contributed by atoms with Crippen LogP contribution in [0.25, 0.3) is 0 Å². The predicted molar refractivity (Wildman–Crippen MR) is 156 cm³/mol. The molecule has 0 spiro atoms. The molecule has 3 rings (SSSR count). The summed E-state index contributed by atoms with van der Waals surface area (Å²) in [5.41, 5.74) is 0. The largest absolute Gasteiger partial charge is 0.394 e. The van der Waals surface area contributed by atoms with Crippen LogP contribution in [-0.2, 0) is 23.7 Å². The Morgan fingerprint density at radius 1 is 0.465 bits per heavy atom. The van der Waals surface area contributed by atoms with Gasteiger partial charge in [-0.2, -0.15) is 0 Å². The van der Waals surface area contributed by atoms with Crippen LogP contribution in [0.2, 0.25) is 0 Å². The van der Waals surface area contributed by atoms with Gasteiger partial charge in [-0.05, 0) is 20.3 Å². The van der Waals surface area contributed by atoms with Gasteiger partial charge < -0.3 is 69.6 Å². The standard InChI is InChI=1S/2C9H18O5.C8H16O4.C3H8/c2*1-2-13-5-9-7(12)3-6(11)8(4-10)14-9;1-2-7-5(10)3-6(11)8(4-9)12-7;1-3-2/h2*6-12H,2-5H2,1H3;5-11H,2-4H2,1H3;3H2,1-2H3. The van der Waals surface area contributed by atoms with Crippen molar-refractivity contribution in [1.82, 2.24) is 0 Å². The van der Waals surface area contributed by atoms with E-state index in [1.165, 1.54) is 6.42 Å². The van der Waals surface area contributed by atoms with Gasteiger partial charge in [0.25, 0.3) is 0 Å². The van der Waals surface area contributed by atoms with Crippen molar-refractivity contribution in [2.24, 2.45) is 0 Å². The van der Waals surface area contributed by atoms with E-state index in [9.17, 15) is 30.6 Å². The zero-order valence-corrected chi connectivity index (χ0v) is 26.5. The fourth-order valence-electron chi connectivity index (χ4n) is 4.50. The van der Waals surface area contributed by atoms with Crippen LogP contribution < -0.4 is 0 Å². The van der Waals surface area contributed by atoms with E-state index in [-0.39, 0.29) is 38.8 Å². The summed E-state index contributed by atoms with van der Waals surface area (Å²) in [7, 11) is 0. The molecule has 3 aliphatic heterocycles. The summed E-state index contributed by atoms with van der Waals surface area (Å²) in [5.74, 6) is 0. The fraction of sp³-hybridized carbons (Fsp3) is 1.00. The number of aliphatic hydroxyl groups excluding tert-OH is 9. The lowest BCUT2D eigenvalue weighted by atomic mass is 9.97. The van der Waals surface area contributed by atoms with Crippen molar-refractivity contribution in [1.29, 1.82) is 0 Å². The minimum Gasteiger partial charge on any atom is -0.394 e. The summed E-state index contributed by atoms with van der Waals surface area (Å²) in [5, 5.41) is 83.1. The molecule has 12 unspecified atom stereocenters. The first-order chi connectivity index (χ1) is 20.5. The van der Waals surface area contributed by atoms with Gasteiger partial charge in [0.05, 0.1) is 75.8 Å². The summed E-state index contributed by atoms with van der Waals surface area (Å²) >= 11 is 0. The van der Waals surface area contributed by atoms with Crippen molar-refractivity contribution < 1.29 is 69.6 Å². The van der Waals surface area contributed by atoms with Crippen LogP contribution in [0.5, 0.6) is 0 Å². The lowest BCUT2D eigenvalue weighted by Gasteiger charge is -2.36. The van der Waals surface area contributed by atoms with Gasteiger partial charge in [-0.3, -0.25) is 0 Å². The quantitative estimate of drug-likeness (QED) is 0.133. The smallest absolute Gasteiger partial charge is 0.107 e. The molecule has 9 N–H and O–H groups in total. The summed E-state index contributed by atoms with van der Waals surface area (Å²) in [6, 6.07) is 0. The molecule has 0 aromatic rings. The Kier molecular flexibility index (Phi) is 24.3. The van der Waals surface area contributed by atoms with Gasteiger partial charge in [-0.1, -0.05) is 27.2 Å². The van der Waals surface area contributed by atoms with Crippen molar-refractivity contribution in [3.05, 3.63) is 0 Å². The average molecular weight is 633 g/mol. The molecule has 0 aromatic heterocycles. The molecule has 0 aliphatic carbocycles. The Morgan fingerprint density at radius 3 is 0.977 bits per heavy atom. The highest BCUT2D eigenvalue weighted by Gasteiger charge is 2.37. The zero-order valence-electron chi connectivity index (χ0n) is 26.5. The van der Waals surface area contributed by atoms with Crippen LogP contribution in [0.1, 0.15) is 66.7 Å². The maximum absolute atomic E-state index is 9.53. The Balaban J connectivity index is 0.000000589. The maximum atomic E-state index is 9.53. The molecule has 0 amide bonds. The van der Waals surface area contributed by atoms with Gasteiger partial charge in [0.1, 0.15) is 30.5 Å². The molecular weight excluding hydrogens is 572 g/mol. The molecule has 3 fully saturated rings. The second kappa shape index (κ2) is 24.6. The van der Waals surface area contributed by atoms with Crippen LogP contribution >= 0.6 is 0 Å². The van der Waals surface area contributed by atoms with E-state index >= 15 is 0 Å². The van der Waals surface area contributed by atoms with E-state index in [0.717, 1.165) is 0 Å². The van der Waals surface area contributed by atoms with Crippen molar-refractivity contribution in [3.8, 4) is 0 Å². The third kappa shape index (κ3) is 16.0. The first-order valence-electron chi connectivity index (χ1n) is 15.5. The van der Waals surface area contributed by atoms with Crippen molar-refractivity contribution >= 4 is 0 Å². The highest BCUT2D eigenvalue weighted by atomic mass is 16.6. The van der Waals surface area contributed by atoms with E-state index in [4.69, 9.17) is 39.0 Å². The van der Waals surface area contributed by atoms with Crippen LogP contribution in [0.3, 0.4) is 0 Å². The lowest BCUT2D eigenvalue weighted by Crippen LogP contribution is -2.50. The van der Waals surface area contributed by atoms with Crippen LogP contribution in [0.4, 0.5) is 0 Å².